The van der Waals surface area contributed by atoms with Gasteiger partial charge in [-0.3, -0.25) is 4.79 Å². The minimum atomic E-state index is -0.459. The number of hydrogen-bond acceptors (Lipinski definition) is 4. The third-order valence-corrected chi connectivity index (χ3v) is 3.34. The Hall–Kier alpha value is -1.46. The number of halogens is 1. The molecule has 6 heteroatoms. The first kappa shape index (κ1) is 21.5. The van der Waals surface area contributed by atoms with Gasteiger partial charge in [0, 0.05) is 6.54 Å². The van der Waals surface area contributed by atoms with Crippen molar-refractivity contribution < 1.29 is 14.3 Å². The van der Waals surface area contributed by atoms with Crippen LogP contribution in [0.3, 0.4) is 0 Å². The van der Waals surface area contributed by atoms with Crippen molar-refractivity contribution in [2.45, 2.75) is 40.2 Å². The summed E-state index contributed by atoms with van der Waals surface area (Å²) in [6, 6.07) is 5.40. The molecule has 132 valence electrons. The van der Waals surface area contributed by atoms with Crippen molar-refractivity contribution in [1.82, 2.24) is 5.32 Å². The molecule has 23 heavy (non-hydrogen) atoms. The van der Waals surface area contributed by atoms with E-state index < -0.39 is 6.04 Å². The van der Waals surface area contributed by atoms with E-state index in [0.29, 0.717) is 19.8 Å². The van der Waals surface area contributed by atoms with E-state index in [2.05, 4.69) is 5.32 Å². The van der Waals surface area contributed by atoms with Gasteiger partial charge in [-0.1, -0.05) is 19.9 Å². The summed E-state index contributed by atoms with van der Waals surface area (Å²) >= 11 is 0. The second kappa shape index (κ2) is 11.1. The highest BCUT2D eigenvalue weighted by Gasteiger charge is 2.16. The highest BCUT2D eigenvalue weighted by atomic mass is 35.5. The SMILES string of the molecule is CCOc1ccc(CCNC(=O)C(N)C(C)C)cc1OCC.Cl. The lowest BCUT2D eigenvalue weighted by molar-refractivity contribution is -0.123. The molecule has 5 nitrogen and oxygen atoms in total. The van der Waals surface area contributed by atoms with Gasteiger partial charge in [0.1, 0.15) is 0 Å². The molecule has 1 unspecified atom stereocenters. The predicted octanol–water partition coefficient (Wildman–Crippen LogP) is 2.55. The van der Waals surface area contributed by atoms with Crippen LogP contribution in [0.1, 0.15) is 33.3 Å². The van der Waals surface area contributed by atoms with Gasteiger partial charge in [-0.25, -0.2) is 0 Å². The molecule has 0 bridgehead atoms. The zero-order valence-corrected chi connectivity index (χ0v) is 15.2. The summed E-state index contributed by atoms with van der Waals surface area (Å²) in [4.78, 5) is 11.8. The molecule has 3 N–H and O–H groups in total. The van der Waals surface area contributed by atoms with Gasteiger partial charge in [-0.15, -0.1) is 12.4 Å². The average molecular weight is 345 g/mol. The van der Waals surface area contributed by atoms with Gasteiger partial charge in [0.2, 0.25) is 5.91 Å². The van der Waals surface area contributed by atoms with Gasteiger partial charge in [0.25, 0.3) is 0 Å². The van der Waals surface area contributed by atoms with Crippen LogP contribution < -0.4 is 20.5 Å². The Kier molecular flexibility index (Phi) is 10.4. The first-order valence-corrected chi connectivity index (χ1v) is 7.91. The third kappa shape index (κ3) is 7.10. The van der Waals surface area contributed by atoms with Crippen LogP contribution in [0.5, 0.6) is 11.5 Å². The van der Waals surface area contributed by atoms with Gasteiger partial charge in [0.15, 0.2) is 11.5 Å². The third-order valence-electron chi connectivity index (χ3n) is 3.34. The molecule has 0 saturated carbocycles. The van der Waals surface area contributed by atoms with Crippen LogP contribution in [0.4, 0.5) is 0 Å². The van der Waals surface area contributed by atoms with E-state index in [1.165, 1.54) is 0 Å². The van der Waals surface area contributed by atoms with E-state index in [1.54, 1.807) is 0 Å². The molecule has 0 aliphatic carbocycles. The lowest BCUT2D eigenvalue weighted by Crippen LogP contribution is -2.44. The van der Waals surface area contributed by atoms with Crippen molar-refractivity contribution in [2.75, 3.05) is 19.8 Å². The highest BCUT2D eigenvalue weighted by molar-refractivity contribution is 5.85. The molecule has 0 fully saturated rings. The molecule has 0 spiro atoms. The van der Waals surface area contributed by atoms with Crippen LogP contribution in [0.2, 0.25) is 0 Å². The maximum atomic E-state index is 11.8. The number of carbonyl (C=O) groups excluding carboxylic acids is 1. The Bertz CT molecular complexity index is 481. The standard InChI is InChI=1S/C17H28N2O3.ClH/c1-5-21-14-8-7-13(11-15(14)22-6-2)9-10-19-17(20)16(18)12(3)4;/h7-8,11-12,16H,5-6,9-10,18H2,1-4H3,(H,19,20);1H. The molecular weight excluding hydrogens is 316 g/mol. The van der Waals surface area contributed by atoms with Crippen molar-refractivity contribution in [2.24, 2.45) is 11.7 Å². The largest absolute Gasteiger partial charge is 0.490 e. The maximum Gasteiger partial charge on any atom is 0.237 e. The van der Waals surface area contributed by atoms with Gasteiger partial charge in [-0.2, -0.15) is 0 Å². The molecule has 1 amide bonds. The van der Waals surface area contributed by atoms with Gasteiger partial charge in [0.05, 0.1) is 19.3 Å². The normalized spacial score (nSPS) is 11.6. The average Bonchev–Trinajstić information content (AvgIpc) is 2.49. The number of ether oxygens (including phenoxy) is 2. The molecule has 0 aromatic heterocycles. The summed E-state index contributed by atoms with van der Waals surface area (Å²) < 4.78 is 11.1. The number of benzene rings is 1. The topological polar surface area (TPSA) is 73.6 Å². The minimum absolute atomic E-state index is 0. The van der Waals surface area contributed by atoms with Crippen LogP contribution in [0.15, 0.2) is 18.2 Å². The lowest BCUT2D eigenvalue weighted by Gasteiger charge is -2.16. The van der Waals surface area contributed by atoms with E-state index in [9.17, 15) is 4.79 Å². The summed E-state index contributed by atoms with van der Waals surface area (Å²) in [6.07, 6.45) is 0.725. The van der Waals surface area contributed by atoms with Gasteiger partial charge >= 0.3 is 0 Å². The molecule has 1 rings (SSSR count). The van der Waals surface area contributed by atoms with E-state index in [4.69, 9.17) is 15.2 Å². The zero-order chi connectivity index (χ0) is 16.5. The Labute approximate surface area is 145 Å². The van der Waals surface area contributed by atoms with Crippen molar-refractivity contribution >= 4 is 18.3 Å². The fourth-order valence-corrected chi connectivity index (χ4v) is 2.00. The Morgan fingerprint density at radius 3 is 2.35 bits per heavy atom. The molecular formula is C17H29ClN2O3. The summed E-state index contributed by atoms with van der Waals surface area (Å²) in [5, 5.41) is 2.87. The van der Waals surface area contributed by atoms with Gasteiger partial charge < -0.3 is 20.5 Å². The Balaban J connectivity index is 0.00000484. The monoisotopic (exact) mass is 344 g/mol. The van der Waals surface area contributed by atoms with Crippen molar-refractivity contribution in [3.63, 3.8) is 0 Å². The van der Waals surface area contributed by atoms with Crippen LogP contribution in [0.25, 0.3) is 0 Å². The van der Waals surface area contributed by atoms with E-state index in [-0.39, 0.29) is 24.2 Å². The minimum Gasteiger partial charge on any atom is -0.490 e. The number of rotatable bonds is 9. The van der Waals surface area contributed by atoms with Crippen LogP contribution in [0, 0.1) is 5.92 Å². The van der Waals surface area contributed by atoms with E-state index >= 15 is 0 Å². The van der Waals surface area contributed by atoms with Crippen LogP contribution in [-0.4, -0.2) is 31.7 Å². The number of carbonyl (C=O) groups is 1. The van der Waals surface area contributed by atoms with Crippen LogP contribution >= 0.6 is 12.4 Å². The first-order chi connectivity index (χ1) is 10.5. The Morgan fingerprint density at radius 1 is 1.17 bits per heavy atom. The smallest absolute Gasteiger partial charge is 0.237 e. The summed E-state index contributed by atoms with van der Waals surface area (Å²) in [7, 11) is 0. The summed E-state index contributed by atoms with van der Waals surface area (Å²) in [5.41, 5.74) is 6.90. The summed E-state index contributed by atoms with van der Waals surface area (Å²) in [5.74, 6) is 1.52. The molecule has 1 aromatic rings. The lowest BCUT2D eigenvalue weighted by atomic mass is 10.0. The second-order valence-electron chi connectivity index (χ2n) is 5.46. The Morgan fingerprint density at radius 2 is 1.78 bits per heavy atom. The molecule has 0 aliphatic heterocycles. The molecule has 0 radical (unpaired) electrons. The predicted molar refractivity (Wildman–Crippen MR) is 95.6 cm³/mol. The molecule has 0 aliphatic rings. The van der Waals surface area contributed by atoms with E-state index in [0.717, 1.165) is 23.5 Å². The molecule has 0 heterocycles. The first-order valence-electron chi connectivity index (χ1n) is 7.91. The number of nitrogens with two attached hydrogens (primary N) is 1. The van der Waals surface area contributed by atoms with Crippen molar-refractivity contribution in [3.8, 4) is 11.5 Å². The summed E-state index contributed by atoms with van der Waals surface area (Å²) in [6.45, 7) is 9.49. The number of hydrogen-bond donors (Lipinski definition) is 2. The van der Waals surface area contributed by atoms with Gasteiger partial charge in [-0.05, 0) is 43.9 Å². The molecule has 1 aromatic carbocycles. The molecule has 0 saturated heterocycles. The fraction of sp³-hybridized carbons (Fsp3) is 0.588. The number of nitrogens with one attached hydrogen (secondary N) is 1. The fourth-order valence-electron chi connectivity index (χ4n) is 2.00. The highest BCUT2D eigenvalue weighted by Crippen LogP contribution is 2.28. The van der Waals surface area contributed by atoms with E-state index in [1.807, 2.05) is 45.9 Å². The number of amides is 1. The maximum absolute atomic E-state index is 11.8. The quantitative estimate of drug-likeness (QED) is 0.722. The molecule has 1 atom stereocenters. The van der Waals surface area contributed by atoms with Crippen molar-refractivity contribution in [1.29, 1.82) is 0 Å². The second-order valence-corrected chi connectivity index (χ2v) is 5.46. The van der Waals surface area contributed by atoms with Crippen LogP contribution in [-0.2, 0) is 11.2 Å². The zero-order valence-electron chi connectivity index (χ0n) is 14.4. The van der Waals surface area contributed by atoms with Crippen molar-refractivity contribution in [3.05, 3.63) is 23.8 Å².